The Bertz CT molecular complexity index is 509. The Balaban J connectivity index is 2.38. The zero-order valence-corrected chi connectivity index (χ0v) is 9.60. The summed E-state index contributed by atoms with van der Waals surface area (Å²) in [6.07, 6.45) is 0. The van der Waals surface area contributed by atoms with Crippen LogP contribution < -0.4 is 10.5 Å². The average molecular weight is 234 g/mol. The summed E-state index contributed by atoms with van der Waals surface area (Å²) in [7, 11) is 2.02. The highest BCUT2D eigenvalue weighted by molar-refractivity contribution is 5.60. The van der Waals surface area contributed by atoms with Gasteiger partial charge in [-0.25, -0.2) is 0 Å². The van der Waals surface area contributed by atoms with E-state index < -0.39 is 5.56 Å². The minimum atomic E-state index is -0.393. The number of likely N-dealkylation sites (N-methyl/N-ethyl adjacent to an activating group) is 1. The van der Waals surface area contributed by atoms with E-state index in [1.807, 2.05) is 18.0 Å². The van der Waals surface area contributed by atoms with E-state index in [2.05, 4.69) is 9.88 Å². The lowest BCUT2D eigenvalue weighted by Gasteiger charge is -2.33. The van der Waals surface area contributed by atoms with Crippen molar-refractivity contribution >= 4 is 5.82 Å². The van der Waals surface area contributed by atoms with Gasteiger partial charge in [-0.05, 0) is 7.05 Å². The van der Waals surface area contributed by atoms with E-state index in [9.17, 15) is 9.90 Å². The Morgan fingerprint density at radius 3 is 2.65 bits per heavy atom. The number of hydrogen-bond donors (Lipinski definition) is 2. The van der Waals surface area contributed by atoms with Crippen molar-refractivity contribution in [3.8, 4) is 11.8 Å². The Labute approximate surface area is 98.7 Å². The molecule has 2 rings (SSSR count). The van der Waals surface area contributed by atoms with Crippen LogP contribution in [0.4, 0.5) is 5.82 Å². The number of H-pyrrole nitrogens is 1. The molecule has 0 atom stereocenters. The highest BCUT2D eigenvalue weighted by Crippen LogP contribution is 2.24. The van der Waals surface area contributed by atoms with E-state index in [4.69, 9.17) is 5.26 Å². The molecule has 1 aliphatic rings. The van der Waals surface area contributed by atoms with Crippen LogP contribution in [0.3, 0.4) is 0 Å². The largest absolute Gasteiger partial charge is 0.506 e. The van der Waals surface area contributed by atoms with Gasteiger partial charge in [0.15, 0.2) is 0 Å². The third-order valence-electron chi connectivity index (χ3n) is 2.93. The van der Waals surface area contributed by atoms with Gasteiger partial charge >= 0.3 is 0 Å². The molecule has 0 radical (unpaired) electrons. The molecular weight excluding hydrogens is 220 g/mol. The van der Waals surface area contributed by atoms with Crippen molar-refractivity contribution in [2.75, 3.05) is 38.1 Å². The highest BCUT2D eigenvalue weighted by atomic mass is 16.3. The molecule has 1 fully saturated rings. The number of piperazine rings is 1. The van der Waals surface area contributed by atoms with Crippen LogP contribution >= 0.6 is 0 Å². The molecule has 90 valence electrons. The fourth-order valence-electron chi connectivity index (χ4n) is 1.91. The molecule has 0 saturated carbocycles. The zero-order valence-electron chi connectivity index (χ0n) is 9.60. The first-order valence-corrected chi connectivity index (χ1v) is 5.41. The predicted octanol–water partition coefficient (Wildman–Crippen LogP) is -0.296. The van der Waals surface area contributed by atoms with Crippen LogP contribution in [0.15, 0.2) is 10.9 Å². The van der Waals surface area contributed by atoms with Crippen molar-refractivity contribution in [2.24, 2.45) is 0 Å². The van der Waals surface area contributed by atoms with Crippen LogP contribution in [0, 0.1) is 11.3 Å². The second kappa shape index (κ2) is 4.47. The van der Waals surface area contributed by atoms with Crippen molar-refractivity contribution < 1.29 is 5.11 Å². The third kappa shape index (κ3) is 2.24. The van der Waals surface area contributed by atoms with E-state index in [0.717, 1.165) is 32.2 Å². The number of anilines is 1. The predicted molar refractivity (Wildman–Crippen MR) is 63.2 cm³/mol. The second-order valence-electron chi connectivity index (χ2n) is 4.14. The molecule has 0 aromatic carbocycles. The first-order valence-electron chi connectivity index (χ1n) is 5.41. The van der Waals surface area contributed by atoms with Crippen LogP contribution in [0.5, 0.6) is 5.75 Å². The van der Waals surface area contributed by atoms with Gasteiger partial charge in [-0.15, -0.1) is 0 Å². The monoisotopic (exact) mass is 234 g/mol. The summed E-state index contributed by atoms with van der Waals surface area (Å²) in [6.45, 7) is 3.18. The Morgan fingerprint density at radius 2 is 2.06 bits per heavy atom. The number of aromatic nitrogens is 1. The van der Waals surface area contributed by atoms with Gasteiger partial charge in [0.05, 0.1) is 0 Å². The summed E-state index contributed by atoms with van der Waals surface area (Å²) in [5.41, 5.74) is -0.260. The van der Waals surface area contributed by atoms with Gasteiger partial charge in [-0.1, -0.05) is 0 Å². The first-order chi connectivity index (χ1) is 8.11. The quantitative estimate of drug-likeness (QED) is 0.697. The molecule has 0 aliphatic carbocycles. The molecule has 1 aliphatic heterocycles. The summed E-state index contributed by atoms with van der Waals surface area (Å²) in [5, 5.41) is 18.6. The Kier molecular flexibility index (Phi) is 3.02. The Hall–Kier alpha value is -2.00. The number of nitrogens with one attached hydrogen (secondary N) is 1. The van der Waals surface area contributed by atoms with Crippen molar-refractivity contribution in [3.63, 3.8) is 0 Å². The number of aromatic hydroxyl groups is 1. The Morgan fingerprint density at radius 1 is 1.41 bits per heavy atom. The number of nitrogens with zero attached hydrogens (tertiary/aromatic N) is 3. The number of pyridine rings is 1. The maximum atomic E-state index is 11.3. The zero-order chi connectivity index (χ0) is 12.4. The molecule has 1 saturated heterocycles. The molecule has 0 spiro atoms. The van der Waals surface area contributed by atoms with Gasteiger partial charge in [0.1, 0.15) is 23.2 Å². The first kappa shape index (κ1) is 11.5. The van der Waals surface area contributed by atoms with Gasteiger partial charge in [0.25, 0.3) is 5.56 Å². The van der Waals surface area contributed by atoms with Gasteiger partial charge in [0, 0.05) is 32.2 Å². The van der Waals surface area contributed by atoms with Crippen molar-refractivity contribution in [1.29, 1.82) is 5.26 Å². The highest BCUT2D eigenvalue weighted by Gasteiger charge is 2.20. The minimum Gasteiger partial charge on any atom is -0.506 e. The maximum absolute atomic E-state index is 11.3. The SMILES string of the molecule is CN1CCN(c2[nH]c(=O)cc(O)c2C#N)CC1. The molecule has 2 N–H and O–H groups in total. The summed E-state index contributed by atoms with van der Waals surface area (Å²) in [4.78, 5) is 18.0. The van der Waals surface area contributed by atoms with Gasteiger partial charge in [0.2, 0.25) is 0 Å². The molecule has 0 bridgehead atoms. The lowest BCUT2D eigenvalue weighted by atomic mass is 10.2. The molecule has 1 aromatic rings. The van der Waals surface area contributed by atoms with E-state index >= 15 is 0 Å². The van der Waals surface area contributed by atoms with Crippen molar-refractivity contribution in [3.05, 3.63) is 22.0 Å². The van der Waals surface area contributed by atoms with E-state index in [1.54, 1.807) is 0 Å². The normalized spacial score (nSPS) is 16.8. The molecule has 17 heavy (non-hydrogen) atoms. The molecule has 0 amide bonds. The lowest BCUT2D eigenvalue weighted by molar-refractivity contribution is 0.311. The van der Waals surface area contributed by atoms with E-state index in [1.165, 1.54) is 0 Å². The summed E-state index contributed by atoms with van der Waals surface area (Å²) >= 11 is 0. The van der Waals surface area contributed by atoms with Gasteiger partial charge < -0.3 is 19.9 Å². The smallest absolute Gasteiger partial charge is 0.253 e. The molecule has 1 aromatic heterocycles. The lowest BCUT2D eigenvalue weighted by Crippen LogP contribution is -2.45. The van der Waals surface area contributed by atoms with Gasteiger partial charge in [-0.2, -0.15) is 5.26 Å². The number of nitriles is 1. The fraction of sp³-hybridized carbons (Fsp3) is 0.455. The van der Waals surface area contributed by atoms with E-state index in [0.29, 0.717) is 5.82 Å². The van der Waals surface area contributed by atoms with Crippen molar-refractivity contribution in [2.45, 2.75) is 0 Å². The summed E-state index contributed by atoms with van der Waals surface area (Å²) in [5.74, 6) is 0.163. The van der Waals surface area contributed by atoms with Crippen LogP contribution in [-0.2, 0) is 0 Å². The summed E-state index contributed by atoms with van der Waals surface area (Å²) < 4.78 is 0. The number of aromatic amines is 1. The molecule has 6 heteroatoms. The second-order valence-corrected chi connectivity index (χ2v) is 4.14. The molecule has 0 unspecified atom stereocenters. The third-order valence-corrected chi connectivity index (χ3v) is 2.93. The van der Waals surface area contributed by atoms with Crippen LogP contribution in [0.25, 0.3) is 0 Å². The minimum absolute atomic E-state index is 0.133. The van der Waals surface area contributed by atoms with E-state index in [-0.39, 0.29) is 11.3 Å². The fourth-order valence-corrected chi connectivity index (χ4v) is 1.91. The average Bonchev–Trinajstić information content (AvgIpc) is 2.29. The van der Waals surface area contributed by atoms with Gasteiger partial charge in [-0.3, -0.25) is 4.79 Å². The van der Waals surface area contributed by atoms with Crippen LogP contribution in [-0.4, -0.2) is 48.2 Å². The maximum Gasteiger partial charge on any atom is 0.253 e. The standard InChI is InChI=1S/C11H14N4O2/c1-14-2-4-15(5-3-14)11-8(7-12)9(16)6-10(17)13-11/h6H,2-5H2,1H3,(H2,13,16,17). The van der Waals surface area contributed by atoms with Crippen LogP contribution in [0.2, 0.25) is 0 Å². The summed E-state index contributed by atoms with van der Waals surface area (Å²) in [6, 6.07) is 2.95. The molecule has 6 nitrogen and oxygen atoms in total. The molecule has 2 heterocycles. The number of rotatable bonds is 1. The molecular formula is C11H14N4O2. The topological polar surface area (TPSA) is 83.4 Å². The van der Waals surface area contributed by atoms with Crippen LogP contribution in [0.1, 0.15) is 5.56 Å². The van der Waals surface area contributed by atoms with Crippen molar-refractivity contribution in [1.82, 2.24) is 9.88 Å². The number of hydrogen-bond acceptors (Lipinski definition) is 5.